The number of aromatic carboxylic acids is 1. The van der Waals surface area contributed by atoms with Crippen LogP contribution < -0.4 is 4.74 Å². The van der Waals surface area contributed by atoms with E-state index in [-0.39, 0.29) is 17.9 Å². The molecule has 0 aliphatic rings. The van der Waals surface area contributed by atoms with Crippen LogP contribution in [0.4, 0.5) is 5.69 Å². The van der Waals surface area contributed by atoms with E-state index in [0.717, 1.165) is 17.3 Å². The number of non-ortho nitro benzene ring substituents is 1. The first-order valence-electron chi connectivity index (χ1n) is 9.86. The normalized spacial score (nSPS) is 11.2. The SMILES string of the molecule is COc1ccc(Cn2c(C(=O)O)c(-c3ccc4nsnc4c3)c3cc([N+](=O)[O-])ccc32)cc1. The van der Waals surface area contributed by atoms with Crippen LogP contribution in [-0.4, -0.2) is 36.4 Å². The fourth-order valence-electron chi connectivity index (χ4n) is 3.99. The molecule has 2 heterocycles. The number of methoxy groups -OCH3 is 1. The van der Waals surface area contributed by atoms with Gasteiger partial charge in [0.05, 0.1) is 29.3 Å². The van der Waals surface area contributed by atoms with Gasteiger partial charge in [-0.05, 0) is 41.5 Å². The minimum atomic E-state index is -1.13. The molecule has 0 saturated heterocycles. The van der Waals surface area contributed by atoms with Gasteiger partial charge >= 0.3 is 5.97 Å². The molecule has 0 aliphatic heterocycles. The second-order valence-corrected chi connectivity index (χ2v) is 7.92. The van der Waals surface area contributed by atoms with Crippen molar-refractivity contribution in [3.8, 4) is 16.9 Å². The second-order valence-electron chi connectivity index (χ2n) is 7.39. The topological polar surface area (TPSA) is 120 Å². The van der Waals surface area contributed by atoms with Crippen molar-refractivity contribution >= 4 is 45.3 Å². The van der Waals surface area contributed by atoms with E-state index < -0.39 is 10.9 Å². The van der Waals surface area contributed by atoms with Gasteiger partial charge in [-0.25, -0.2) is 4.79 Å². The fourth-order valence-corrected chi connectivity index (χ4v) is 4.50. The summed E-state index contributed by atoms with van der Waals surface area (Å²) in [4.78, 5) is 23.5. The molecule has 0 radical (unpaired) electrons. The van der Waals surface area contributed by atoms with Crippen LogP contribution in [0.25, 0.3) is 33.1 Å². The molecule has 2 aromatic heterocycles. The lowest BCUT2D eigenvalue weighted by Gasteiger charge is -2.10. The summed E-state index contributed by atoms with van der Waals surface area (Å²) in [5, 5.41) is 22.2. The third-order valence-electron chi connectivity index (χ3n) is 5.50. The summed E-state index contributed by atoms with van der Waals surface area (Å²) in [7, 11) is 1.57. The van der Waals surface area contributed by atoms with Crippen molar-refractivity contribution in [1.29, 1.82) is 0 Å². The number of aromatic nitrogens is 3. The highest BCUT2D eigenvalue weighted by Crippen LogP contribution is 2.38. The van der Waals surface area contributed by atoms with E-state index in [2.05, 4.69) is 8.75 Å². The van der Waals surface area contributed by atoms with E-state index in [1.165, 1.54) is 12.1 Å². The molecule has 0 atom stereocenters. The standard InChI is InChI=1S/C23H16N4O5S/c1-32-16-6-2-13(3-7-16)12-26-20-9-5-15(27(30)31)11-17(20)21(22(26)23(28)29)14-4-8-18-19(10-14)25-33-24-18/h2-11H,12H2,1H3,(H,28,29). The Morgan fingerprint density at radius 2 is 1.85 bits per heavy atom. The van der Waals surface area contributed by atoms with Crippen molar-refractivity contribution in [2.75, 3.05) is 7.11 Å². The lowest BCUT2D eigenvalue weighted by atomic mass is 10.0. The number of carboxylic acid groups (broad SMARTS) is 1. The quantitative estimate of drug-likeness (QED) is 0.280. The third-order valence-corrected chi connectivity index (χ3v) is 6.06. The number of fused-ring (bicyclic) bond motifs is 2. The van der Waals surface area contributed by atoms with Crippen molar-refractivity contribution in [3.63, 3.8) is 0 Å². The zero-order valence-corrected chi connectivity index (χ0v) is 18.1. The average molecular weight is 460 g/mol. The zero-order chi connectivity index (χ0) is 23.1. The second kappa shape index (κ2) is 7.99. The maximum atomic E-state index is 12.5. The van der Waals surface area contributed by atoms with Gasteiger partial charge in [-0.3, -0.25) is 10.1 Å². The predicted molar refractivity (Wildman–Crippen MR) is 124 cm³/mol. The Kier molecular flexibility index (Phi) is 4.98. The fraction of sp³-hybridized carbons (Fsp3) is 0.0870. The number of nitro benzene ring substituents is 1. The van der Waals surface area contributed by atoms with E-state index in [1.54, 1.807) is 48.1 Å². The number of carboxylic acids is 1. The lowest BCUT2D eigenvalue weighted by molar-refractivity contribution is -0.384. The summed E-state index contributed by atoms with van der Waals surface area (Å²) in [6.45, 7) is 0.264. The Bertz CT molecular complexity index is 1540. The number of ether oxygens (including phenoxy) is 1. The molecule has 33 heavy (non-hydrogen) atoms. The first kappa shape index (κ1) is 20.6. The number of rotatable bonds is 6. The van der Waals surface area contributed by atoms with Gasteiger partial charge < -0.3 is 14.4 Å². The van der Waals surface area contributed by atoms with Gasteiger partial charge in [-0.2, -0.15) is 8.75 Å². The van der Waals surface area contributed by atoms with Crippen LogP contribution in [0.2, 0.25) is 0 Å². The number of benzene rings is 3. The van der Waals surface area contributed by atoms with Gasteiger partial charge in [-0.1, -0.05) is 18.2 Å². The molecule has 5 rings (SSSR count). The van der Waals surface area contributed by atoms with Gasteiger partial charge in [0.15, 0.2) is 0 Å². The Morgan fingerprint density at radius 3 is 2.55 bits per heavy atom. The van der Waals surface area contributed by atoms with Gasteiger partial charge in [-0.15, -0.1) is 0 Å². The van der Waals surface area contributed by atoms with Gasteiger partial charge in [0.1, 0.15) is 22.5 Å². The summed E-state index contributed by atoms with van der Waals surface area (Å²) in [5.41, 5.74) is 3.72. The van der Waals surface area contributed by atoms with Crippen molar-refractivity contribution < 1.29 is 19.6 Å². The van der Waals surface area contributed by atoms with Crippen LogP contribution >= 0.6 is 11.7 Å². The predicted octanol–water partition coefficient (Wildman–Crippen LogP) is 4.98. The molecular weight excluding hydrogens is 444 g/mol. The highest BCUT2D eigenvalue weighted by atomic mass is 32.1. The van der Waals surface area contributed by atoms with Crippen molar-refractivity contribution in [3.05, 3.63) is 82.0 Å². The van der Waals surface area contributed by atoms with Crippen molar-refractivity contribution in [1.82, 2.24) is 13.3 Å². The number of nitro groups is 1. The zero-order valence-electron chi connectivity index (χ0n) is 17.3. The molecule has 3 aromatic carbocycles. The Labute approximate surface area is 191 Å². The smallest absolute Gasteiger partial charge is 0.353 e. The Balaban J connectivity index is 1.79. The minimum absolute atomic E-state index is 0.0452. The van der Waals surface area contributed by atoms with Crippen LogP contribution in [0.1, 0.15) is 16.1 Å². The van der Waals surface area contributed by atoms with E-state index in [4.69, 9.17) is 4.74 Å². The Morgan fingerprint density at radius 1 is 1.09 bits per heavy atom. The number of nitrogens with zero attached hydrogens (tertiary/aromatic N) is 4. The molecule has 1 N–H and O–H groups in total. The van der Waals surface area contributed by atoms with Crippen LogP contribution in [0.15, 0.2) is 60.7 Å². The summed E-state index contributed by atoms with van der Waals surface area (Å²) >= 11 is 1.07. The molecule has 0 unspecified atom stereocenters. The van der Waals surface area contributed by atoms with Crippen LogP contribution in [0.5, 0.6) is 5.75 Å². The Hall–Kier alpha value is -4.31. The van der Waals surface area contributed by atoms with Crippen LogP contribution in [0, 0.1) is 10.1 Å². The summed E-state index contributed by atoms with van der Waals surface area (Å²) < 4.78 is 15.3. The molecule has 0 spiro atoms. The number of hydrogen-bond donors (Lipinski definition) is 1. The first-order chi connectivity index (χ1) is 16.0. The minimum Gasteiger partial charge on any atom is -0.497 e. The molecule has 0 aliphatic carbocycles. The molecule has 0 bridgehead atoms. The molecule has 10 heteroatoms. The van der Waals surface area contributed by atoms with E-state index in [0.29, 0.717) is 38.8 Å². The highest BCUT2D eigenvalue weighted by Gasteiger charge is 2.25. The molecule has 0 amide bonds. The largest absolute Gasteiger partial charge is 0.497 e. The van der Waals surface area contributed by atoms with Gasteiger partial charge in [0.2, 0.25) is 0 Å². The maximum Gasteiger partial charge on any atom is 0.353 e. The third kappa shape index (κ3) is 3.56. The van der Waals surface area contributed by atoms with E-state index >= 15 is 0 Å². The van der Waals surface area contributed by atoms with E-state index in [1.807, 2.05) is 12.1 Å². The van der Waals surface area contributed by atoms with E-state index in [9.17, 15) is 20.0 Å². The van der Waals surface area contributed by atoms with Gasteiger partial charge in [0.25, 0.3) is 5.69 Å². The lowest BCUT2D eigenvalue weighted by Crippen LogP contribution is -2.10. The summed E-state index contributed by atoms with van der Waals surface area (Å²) in [6.07, 6.45) is 0. The van der Waals surface area contributed by atoms with Crippen molar-refractivity contribution in [2.45, 2.75) is 6.54 Å². The number of carbonyl (C=O) groups is 1. The maximum absolute atomic E-state index is 12.5. The molecule has 9 nitrogen and oxygen atoms in total. The van der Waals surface area contributed by atoms with Crippen LogP contribution in [0.3, 0.4) is 0 Å². The summed E-state index contributed by atoms with van der Waals surface area (Å²) in [5.74, 6) is -0.440. The average Bonchev–Trinajstić information content (AvgIpc) is 3.41. The first-order valence-corrected chi connectivity index (χ1v) is 10.6. The summed E-state index contributed by atoms with van der Waals surface area (Å²) in [6, 6.07) is 17.0. The molecule has 0 fully saturated rings. The van der Waals surface area contributed by atoms with Gasteiger partial charge in [0, 0.05) is 29.6 Å². The number of hydrogen-bond acceptors (Lipinski definition) is 7. The van der Waals surface area contributed by atoms with Crippen molar-refractivity contribution in [2.24, 2.45) is 0 Å². The molecule has 0 saturated carbocycles. The monoisotopic (exact) mass is 460 g/mol. The van der Waals surface area contributed by atoms with Crippen LogP contribution in [-0.2, 0) is 6.54 Å². The highest BCUT2D eigenvalue weighted by molar-refractivity contribution is 7.00. The molecular formula is C23H16N4O5S. The molecule has 164 valence electrons. The molecule has 5 aromatic rings.